The number of halogens is 2. The molecule has 1 unspecified atom stereocenters. The molecule has 0 saturated heterocycles. The molecule has 5 rings (SSSR count). The van der Waals surface area contributed by atoms with Crippen molar-refractivity contribution in [3.05, 3.63) is 124 Å². The van der Waals surface area contributed by atoms with Crippen molar-refractivity contribution in [2.75, 3.05) is 11.9 Å². The monoisotopic (exact) mass is 556 g/mol. The van der Waals surface area contributed by atoms with Crippen molar-refractivity contribution in [3.8, 4) is 11.1 Å². The molecule has 1 atom stereocenters. The summed E-state index contributed by atoms with van der Waals surface area (Å²) in [4.78, 5) is 26.4. The van der Waals surface area contributed by atoms with Crippen LogP contribution in [-0.4, -0.2) is 24.0 Å². The van der Waals surface area contributed by atoms with Gasteiger partial charge >= 0.3 is 5.97 Å². The van der Waals surface area contributed by atoms with E-state index in [2.05, 4.69) is 16.7 Å². The molecule has 0 bridgehead atoms. The quantitative estimate of drug-likeness (QED) is 0.230. The molecule has 0 fully saturated rings. The van der Waals surface area contributed by atoms with E-state index >= 15 is 0 Å². The van der Waals surface area contributed by atoms with E-state index in [1.54, 1.807) is 19.1 Å². The second-order valence-corrected chi connectivity index (χ2v) is 10.5. The molecule has 1 aliphatic carbocycles. The Bertz CT molecular complexity index is 1500. The number of esters is 1. The van der Waals surface area contributed by atoms with Crippen LogP contribution in [0.2, 0.25) is 5.02 Å². The molecule has 204 valence electrons. The molecule has 0 aliphatic heterocycles. The van der Waals surface area contributed by atoms with Crippen molar-refractivity contribution in [1.82, 2.24) is 5.32 Å². The molecular formula is C33H30ClFN2O3. The molecular weight excluding hydrogens is 527 g/mol. The molecule has 4 aromatic carbocycles. The van der Waals surface area contributed by atoms with Crippen molar-refractivity contribution in [1.29, 1.82) is 0 Å². The Hall–Kier alpha value is -4.16. The Labute approximate surface area is 238 Å². The third kappa shape index (κ3) is 6.35. The van der Waals surface area contributed by atoms with Crippen LogP contribution in [0.5, 0.6) is 0 Å². The number of rotatable bonds is 9. The number of hydrogen-bond donors (Lipinski definition) is 2. The molecule has 5 nitrogen and oxygen atoms in total. The Kier molecular flexibility index (Phi) is 8.17. The van der Waals surface area contributed by atoms with Gasteiger partial charge in [-0.25, -0.2) is 9.18 Å². The van der Waals surface area contributed by atoms with E-state index in [1.807, 2.05) is 60.7 Å². The van der Waals surface area contributed by atoms with Gasteiger partial charge in [0.2, 0.25) is 5.91 Å². The molecule has 0 saturated carbocycles. The normalized spacial score (nSPS) is 15.8. The van der Waals surface area contributed by atoms with Gasteiger partial charge in [0.15, 0.2) is 0 Å². The van der Waals surface area contributed by atoms with Gasteiger partial charge in [0.25, 0.3) is 0 Å². The van der Waals surface area contributed by atoms with Gasteiger partial charge in [-0.2, -0.15) is 0 Å². The lowest BCUT2D eigenvalue weighted by molar-refractivity contribution is -0.153. The lowest BCUT2D eigenvalue weighted by Gasteiger charge is -2.28. The number of ether oxygens (including phenoxy) is 1. The molecule has 0 radical (unpaired) electrons. The number of nitrogens with one attached hydrogen (secondary N) is 2. The Morgan fingerprint density at radius 3 is 2.20 bits per heavy atom. The van der Waals surface area contributed by atoms with Crippen LogP contribution in [0.1, 0.15) is 29.2 Å². The van der Waals surface area contributed by atoms with Crippen LogP contribution in [0.15, 0.2) is 91.0 Å². The van der Waals surface area contributed by atoms with Gasteiger partial charge in [0.1, 0.15) is 11.4 Å². The van der Waals surface area contributed by atoms with Crippen LogP contribution in [0.4, 0.5) is 10.1 Å². The lowest BCUT2D eigenvalue weighted by Crippen LogP contribution is -2.56. The highest BCUT2D eigenvalue weighted by molar-refractivity contribution is 6.30. The summed E-state index contributed by atoms with van der Waals surface area (Å²) in [6, 6.07) is 27.6. The average Bonchev–Trinajstić information content (AvgIpc) is 3.32. The first-order valence-corrected chi connectivity index (χ1v) is 13.6. The minimum Gasteiger partial charge on any atom is -0.464 e. The molecule has 0 spiro atoms. The molecule has 0 heterocycles. The third-order valence-corrected chi connectivity index (χ3v) is 7.39. The lowest BCUT2D eigenvalue weighted by atomic mass is 9.95. The number of benzene rings is 4. The van der Waals surface area contributed by atoms with Gasteiger partial charge in [0.05, 0.1) is 13.0 Å². The predicted molar refractivity (Wildman–Crippen MR) is 156 cm³/mol. The van der Waals surface area contributed by atoms with Crippen molar-refractivity contribution in [2.24, 2.45) is 0 Å². The minimum atomic E-state index is -1.15. The smallest absolute Gasteiger partial charge is 0.332 e. The van der Waals surface area contributed by atoms with Crippen LogP contribution in [0.25, 0.3) is 11.1 Å². The maximum Gasteiger partial charge on any atom is 0.332 e. The summed E-state index contributed by atoms with van der Waals surface area (Å²) in [5, 5.41) is 6.99. The van der Waals surface area contributed by atoms with Crippen molar-refractivity contribution < 1.29 is 18.7 Å². The Morgan fingerprint density at radius 1 is 0.850 bits per heavy atom. The highest BCUT2D eigenvalue weighted by atomic mass is 35.5. The van der Waals surface area contributed by atoms with Gasteiger partial charge in [-0.1, -0.05) is 66.2 Å². The molecule has 2 N–H and O–H groups in total. The van der Waals surface area contributed by atoms with E-state index in [4.69, 9.17) is 16.3 Å². The molecule has 7 heteroatoms. The maximum atomic E-state index is 13.2. The topological polar surface area (TPSA) is 67.4 Å². The second kappa shape index (κ2) is 11.9. The van der Waals surface area contributed by atoms with E-state index in [1.165, 1.54) is 12.1 Å². The van der Waals surface area contributed by atoms with Crippen LogP contribution < -0.4 is 10.6 Å². The second-order valence-electron chi connectivity index (χ2n) is 10.0. The van der Waals surface area contributed by atoms with Crippen LogP contribution in [0.3, 0.4) is 0 Å². The number of fused-ring (bicyclic) bond motifs is 1. The van der Waals surface area contributed by atoms with E-state index < -0.39 is 11.5 Å². The number of amides is 1. The Morgan fingerprint density at radius 2 is 1.50 bits per heavy atom. The van der Waals surface area contributed by atoms with Crippen LogP contribution in [0, 0.1) is 5.82 Å². The van der Waals surface area contributed by atoms with Gasteiger partial charge < -0.3 is 15.4 Å². The standard InChI is InChI=1S/C33H30ClFN2O3/c1-2-40-32(39)33(19-26-8-7-25(18-27(26)20-33)24-9-11-28(34)12-10-24)37-31(38)17-22-5-15-30(16-6-22)36-21-23-3-13-29(35)14-4-23/h3-16,18,36H,2,17,19-21H2,1H3,(H,37,38). The molecule has 1 amide bonds. The predicted octanol–water partition coefficient (Wildman–Crippen LogP) is 6.52. The van der Waals surface area contributed by atoms with Crippen LogP contribution >= 0.6 is 11.6 Å². The van der Waals surface area contributed by atoms with E-state index in [-0.39, 0.29) is 24.8 Å². The van der Waals surface area contributed by atoms with Crippen molar-refractivity contribution in [3.63, 3.8) is 0 Å². The maximum absolute atomic E-state index is 13.2. The summed E-state index contributed by atoms with van der Waals surface area (Å²) in [5.74, 6) is -0.931. The third-order valence-electron chi connectivity index (χ3n) is 7.14. The largest absolute Gasteiger partial charge is 0.464 e. The molecule has 0 aromatic heterocycles. The van der Waals surface area contributed by atoms with Gasteiger partial charge in [0, 0.05) is 30.1 Å². The molecule has 4 aromatic rings. The zero-order chi connectivity index (χ0) is 28.1. The first kappa shape index (κ1) is 27.4. The highest BCUT2D eigenvalue weighted by Gasteiger charge is 2.46. The molecule has 40 heavy (non-hydrogen) atoms. The fourth-order valence-electron chi connectivity index (χ4n) is 5.09. The fraction of sp³-hybridized carbons (Fsp3) is 0.212. The average molecular weight is 557 g/mol. The number of carbonyl (C=O) groups excluding carboxylic acids is 2. The van der Waals surface area contributed by atoms with Crippen molar-refractivity contribution >= 4 is 29.2 Å². The SMILES string of the molecule is CCOC(=O)C1(NC(=O)Cc2ccc(NCc3ccc(F)cc3)cc2)Cc2ccc(-c3ccc(Cl)cc3)cc2C1. The van der Waals surface area contributed by atoms with Gasteiger partial charge in [-0.15, -0.1) is 0 Å². The first-order valence-electron chi connectivity index (χ1n) is 13.3. The Balaban J connectivity index is 1.25. The van der Waals surface area contributed by atoms with E-state index in [0.717, 1.165) is 39.1 Å². The fourth-order valence-corrected chi connectivity index (χ4v) is 5.22. The summed E-state index contributed by atoms with van der Waals surface area (Å²) >= 11 is 6.05. The summed E-state index contributed by atoms with van der Waals surface area (Å²) in [5.41, 5.74) is 5.61. The van der Waals surface area contributed by atoms with Gasteiger partial charge in [-0.05, 0) is 76.7 Å². The zero-order valence-corrected chi connectivity index (χ0v) is 22.9. The van der Waals surface area contributed by atoms with Crippen molar-refractivity contribution in [2.45, 2.75) is 38.3 Å². The van der Waals surface area contributed by atoms with Gasteiger partial charge in [-0.3, -0.25) is 4.79 Å². The number of hydrogen-bond acceptors (Lipinski definition) is 4. The van der Waals surface area contributed by atoms with Crippen LogP contribution in [-0.2, 0) is 40.1 Å². The number of anilines is 1. The minimum absolute atomic E-state index is 0.131. The van der Waals surface area contributed by atoms with E-state index in [9.17, 15) is 14.0 Å². The highest BCUT2D eigenvalue weighted by Crippen LogP contribution is 2.35. The summed E-state index contributed by atoms with van der Waals surface area (Å²) in [6.45, 7) is 2.55. The van der Waals surface area contributed by atoms with E-state index in [0.29, 0.717) is 24.4 Å². The first-order chi connectivity index (χ1) is 19.3. The summed E-state index contributed by atoms with van der Waals surface area (Å²) in [6.07, 6.45) is 0.867. The summed E-state index contributed by atoms with van der Waals surface area (Å²) in [7, 11) is 0. The zero-order valence-electron chi connectivity index (χ0n) is 22.2. The summed E-state index contributed by atoms with van der Waals surface area (Å²) < 4.78 is 18.5. The molecule has 1 aliphatic rings. The number of carbonyl (C=O) groups is 2.